The Hall–Kier alpha value is -2.66. The lowest BCUT2D eigenvalue weighted by Gasteiger charge is -2.23. The van der Waals surface area contributed by atoms with E-state index in [1.54, 1.807) is 18.3 Å². The van der Waals surface area contributed by atoms with Crippen LogP contribution in [-0.2, 0) is 0 Å². The van der Waals surface area contributed by atoms with Crippen LogP contribution >= 0.6 is 11.6 Å². The molecule has 0 bridgehead atoms. The van der Waals surface area contributed by atoms with Gasteiger partial charge >= 0.3 is 0 Å². The highest BCUT2D eigenvalue weighted by Crippen LogP contribution is 2.33. The Kier molecular flexibility index (Phi) is 6.70. The molecule has 0 aliphatic rings. The number of aromatic nitrogens is 1. The van der Waals surface area contributed by atoms with Crippen molar-refractivity contribution >= 4 is 39.8 Å². The molecule has 1 aromatic heterocycles. The molecule has 6 heteroatoms. The summed E-state index contributed by atoms with van der Waals surface area (Å²) in [4.78, 5) is 19.6. The second-order valence-electron chi connectivity index (χ2n) is 7.04. The Bertz CT molecular complexity index is 1030. The fourth-order valence-corrected chi connectivity index (χ4v) is 3.67. The van der Waals surface area contributed by atoms with E-state index in [0.717, 1.165) is 29.2 Å². The van der Waals surface area contributed by atoms with Crippen LogP contribution in [0.1, 0.15) is 42.6 Å². The summed E-state index contributed by atoms with van der Waals surface area (Å²) in [6.45, 7) is 7.51. The lowest BCUT2D eigenvalue weighted by Crippen LogP contribution is -2.32. The minimum atomic E-state index is -0.501. The summed E-state index contributed by atoms with van der Waals surface area (Å²) >= 11 is 6.09. The SMILES string of the molecule is CCCN(CCC)C(=O)c1cnc(Nc2cccc(F)c2Cl)c2cccc(C)c12. The van der Waals surface area contributed by atoms with Crippen LogP contribution in [0.5, 0.6) is 0 Å². The van der Waals surface area contributed by atoms with Gasteiger partial charge in [-0.15, -0.1) is 0 Å². The second-order valence-corrected chi connectivity index (χ2v) is 7.41. The normalized spacial score (nSPS) is 10.9. The number of carbonyl (C=O) groups is 1. The molecule has 1 heterocycles. The highest BCUT2D eigenvalue weighted by Gasteiger charge is 2.20. The van der Waals surface area contributed by atoms with Crippen LogP contribution in [0, 0.1) is 12.7 Å². The number of hydrogen-bond acceptors (Lipinski definition) is 3. The third-order valence-electron chi connectivity index (χ3n) is 4.83. The number of fused-ring (bicyclic) bond motifs is 1. The van der Waals surface area contributed by atoms with Crippen LogP contribution < -0.4 is 5.32 Å². The van der Waals surface area contributed by atoms with Crippen molar-refractivity contribution in [1.29, 1.82) is 0 Å². The first kappa shape index (κ1) is 21.1. The lowest BCUT2D eigenvalue weighted by molar-refractivity contribution is 0.0757. The van der Waals surface area contributed by atoms with Crippen molar-refractivity contribution in [3.63, 3.8) is 0 Å². The molecule has 1 N–H and O–H groups in total. The molecular formula is C23H25ClFN3O. The smallest absolute Gasteiger partial charge is 0.256 e. The van der Waals surface area contributed by atoms with Gasteiger partial charge in [-0.3, -0.25) is 4.79 Å². The van der Waals surface area contributed by atoms with Crippen molar-refractivity contribution in [1.82, 2.24) is 9.88 Å². The largest absolute Gasteiger partial charge is 0.339 e. The lowest BCUT2D eigenvalue weighted by atomic mass is 10.0. The van der Waals surface area contributed by atoms with Gasteiger partial charge in [0.15, 0.2) is 0 Å². The van der Waals surface area contributed by atoms with E-state index in [1.165, 1.54) is 6.07 Å². The molecule has 0 aliphatic heterocycles. The van der Waals surface area contributed by atoms with Gasteiger partial charge in [0, 0.05) is 30.1 Å². The number of pyridine rings is 1. The van der Waals surface area contributed by atoms with E-state index in [1.807, 2.05) is 30.0 Å². The molecule has 1 amide bonds. The second kappa shape index (κ2) is 9.23. The molecule has 0 unspecified atom stereocenters. The fourth-order valence-electron chi connectivity index (χ4n) is 3.50. The first-order valence-corrected chi connectivity index (χ1v) is 10.2. The molecule has 0 aliphatic carbocycles. The number of carbonyl (C=O) groups excluding carboxylic acids is 1. The predicted molar refractivity (Wildman–Crippen MR) is 118 cm³/mol. The maximum absolute atomic E-state index is 13.8. The average molecular weight is 414 g/mol. The average Bonchev–Trinajstić information content (AvgIpc) is 2.71. The van der Waals surface area contributed by atoms with Crippen LogP contribution in [0.25, 0.3) is 10.8 Å². The van der Waals surface area contributed by atoms with Gasteiger partial charge in [0.2, 0.25) is 0 Å². The van der Waals surface area contributed by atoms with Crippen molar-refractivity contribution in [3.8, 4) is 0 Å². The van der Waals surface area contributed by atoms with Crippen LogP contribution in [0.4, 0.5) is 15.9 Å². The van der Waals surface area contributed by atoms with Crippen molar-refractivity contribution < 1.29 is 9.18 Å². The van der Waals surface area contributed by atoms with Gasteiger partial charge in [0.05, 0.1) is 16.3 Å². The minimum absolute atomic E-state index is 0.00678. The monoisotopic (exact) mass is 413 g/mol. The number of anilines is 2. The van der Waals surface area contributed by atoms with Gasteiger partial charge in [-0.25, -0.2) is 9.37 Å². The third kappa shape index (κ3) is 4.35. The summed E-state index contributed by atoms with van der Waals surface area (Å²) in [5.74, 6) is 0.0137. The molecule has 2 aromatic carbocycles. The van der Waals surface area contributed by atoms with Gasteiger partial charge in [0.1, 0.15) is 11.6 Å². The van der Waals surface area contributed by atoms with Crippen molar-refractivity contribution in [3.05, 3.63) is 64.6 Å². The highest BCUT2D eigenvalue weighted by atomic mass is 35.5. The van der Waals surface area contributed by atoms with Crippen LogP contribution in [-0.4, -0.2) is 28.9 Å². The Balaban J connectivity index is 2.10. The Morgan fingerprint density at radius 3 is 2.52 bits per heavy atom. The molecule has 0 fully saturated rings. The number of amides is 1. The molecule has 29 heavy (non-hydrogen) atoms. The summed E-state index contributed by atoms with van der Waals surface area (Å²) in [5.41, 5.74) is 1.99. The maximum Gasteiger partial charge on any atom is 0.256 e. The van der Waals surface area contributed by atoms with E-state index in [-0.39, 0.29) is 10.9 Å². The summed E-state index contributed by atoms with van der Waals surface area (Å²) in [5, 5.41) is 4.77. The quantitative estimate of drug-likeness (QED) is 0.491. The van der Waals surface area contributed by atoms with Crippen molar-refractivity contribution in [2.24, 2.45) is 0 Å². The molecule has 152 valence electrons. The zero-order valence-electron chi connectivity index (χ0n) is 16.9. The van der Waals surface area contributed by atoms with Crippen LogP contribution in [0.15, 0.2) is 42.6 Å². The zero-order chi connectivity index (χ0) is 21.0. The van der Waals surface area contributed by atoms with E-state index >= 15 is 0 Å². The third-order valence-corrected chi connectivity index (χ3v) is 5.21. The zero-order valence-corrected chi connectivity index (χ0v) is 17.7. The van der Waals surface area contributed by atoms with Gasteiger partial charge in [-0.1, -0.05) is 49.7 Å². The Labute approximate surface area is 175 Å². The van der Waals surface area contributed by atoms with E-state index in [4.69, 9.17) is 11.6 Å². The summed E-state index contributed by atoms with van der Waals surface area (Å²) in [6.07, 6.45) is 3.40. The van der Waals surface area contributed by atoms with Gasteiger partial charge in [-0.05, 0) is 37.5 Å². The predicted octanol–water partition coefficient (Wildman–Crippen LogP) is 6.34. The molecule has 0 saturated heterocycles. The first-order valence-electron chi connectivity index (χ1n) is 9.86. The molecular weight excluding hydrogens is 389 g/mol. The van der Waals surface area contributed by atoms with Crippen LogP contribution in [0.2, 0.25) is 5.02 Å². The molecule has 0 atom stereocenters. The molecule has 0 saturated carbocycles. The topological polar surface area (TPSA) is 45.2 Å². The van der Waals surface area contributed by atoms with Crippen molar-refractivity contribution in [2.45, 2.75) is 33.6 Å². The van der Waals surface area contributed by atoms with Crippen LogP contribution in [0.3, 0.4) is 0 Å². The van der Waals surface area contributed by atoms with E-state index in [9.17, 15) is 9.18 Å². The molecule has 0 spiro atoms. The molecule has 3 aromatic rings. The number of halogens is 2. The highest BCUT2D eigenvalue weighted by molar-refractivity contribution is 6.33. The molecule has 4 nitrogen and oxygen atoms in total. The number of nitrogens with zero attached hydrogens (tertiary/aromatic N) is 2. The van der Waals surface area contributed by atoms with Gasteiger partial charge < -0.3 is 10.2 Å². The number of aryl methyl sites for hydroxylation is 1. The number of rotatable bonds is 7. The van der Waals surface area contributed by atoms with Gasteiger partial charge in [0.25, 0.3) is 5.91 Å². The van der Waals surface area contributed by atoms with Gasteiger partial charge in [-0.2, -0.15) is 0 Å². The summed E-state index contributed by atoms with van der Waals surface area (Å²) in [6, 6.07) is 10.4. The number of nitrogens with one attached hydrogen (secondary N) is 1. The first-order chi connectivity index (χ1) is 14.0. The van der Waals surface area contributed by atoms with E-state index in [0.29, 0.717) is 30.2 Å². The molecule has 0 radical (unpaired) electrons. The van der Waals surface area contributed by atoms with Crippen molar-refractivity contribution in [2.75, 3.05) is 18.4 Å². The van der Waals surface area contributed by atoms with E-state index < -0.39 is 5.82 Å². The summed E-state index contributed by atoms with van der Waals surface area (Å²) < 4.78 is 13.8. The van der Waals surface area contributed by atoms with E-state index in [2.05, 4.69) is 24.1 Å². The maximum atomic E-state index is 13.8. The summed E-state index contributed by atoms with van der Waals surface area (Å²) in [7, 11) is 0. The molecule has 3 rings (SSSR count). The number of benzene rings is 2. The minimum Gasteiger partial charge on any atom is -0.339 e. The standard InChI is InChI=1S/C23H25ClFN3O/c1-4-12-28(13-5-2)23(29)17-14-26-22(16-9-6-8-15(3)20(16)17)27-19-11-7-10-18(25)21(19)24/h6-11,14H,4-5,12-13H2,1-3H3,(H,26,27). The number of hydrogen-bond donors (Lipinski definition) is 1. The fraction of sp³-hybridized carbons (Fsp3) is 0.304. The Morgan fingerprint density at radius 1 is 1.14 bits per heavy atom. The Morgan fingerprint density at radius 2 is 1.83 bits per heavy atom.